The molecule has 1 aromatic carbocycles. The zero-order chi connectivity index (χ0) is 13.9. The maximum Gasteiger partial charge on any atom is 0.321 e. The Kier molecular flexibility index (Phi) is 3.92. The van der Waals surface area contributed by atoms with Crippen molar-refractivity contribution in [1.29, 1.82) is 0 Å². The molecule has 4 nitrogen and oxygen atoms in total. The van der Waals surface area contributed by atoms with Crippen molar-refractivity contribution in [2.45, 2.75) is 25.4 Å². The number of likely N-dealkylation sites (tertiary alicyclic amines) is 1. The average molecular weight is 274 g/mol. The van der Waals surface area contributed by atoms with Crippen molar-refractivity contribution in [2.24, 2.45) is 11.8 Å². The lowest BCUT2D eigenvalue weighted by Gasteiger charge is -2.31. The van der Waals surface area contributed by atoms with E-state index < -0.39 is 0 Å². The van der Waals surface area contributed by atoms with Crippen molar-refractivity contribution in [2.75, 3.05) is 25.5 Å². The van der Waals surface area contributed by atoms with Crippen molar-refractivity contribution in [1.82, 2.24) is 4.90 Å². The third-order valence-electron chi connectivity index (χ3n) is 4.65. The third kappa shape index (κ3) is 2.66. The molecule has 3 atom stereocenters. The normalized spacial score (nSPS) is 29.1. The number of carbonyl (C=O) groups is 1. The summed E-state index contributed by atoms with van der Waals surface area (Å²) in [5, 5.41) is 2.97. The Bertz CT molecular complexity index is 463. The van der Waals surface area contributed by atoms with Crippen molar-refractivity contribution in [3.63, 3.8) is 0 Å². The number of nitrogens with zero attached hydrogens (tertiary/aromatic N) is 1. The van der Waals surface area contributed by atoms with Crippen molar-refractivity contribution < 1.29 is 9.53 Å². The van der Waals surface area contributed by atoms with Gasteiger partial charge in [-0.25, -0.2) is 4.79 Å². The molecule has 2 aliphatic rings. The second-order valence-electron chi connectivity index (χ2n) is 5.83. The standard InChI is InChI=1S/C16H22N2O2/c1-20-15-9-5-6-12-10-18(11-14(12)15)16(19)17-13-7-3-2-4-8-13/h2-4,7-8,12,14-15H,5-6,9-11H2,1H3,(H,17,19)/t12-,14+,15-/m1/s1. The van der Waals surface area contributed by atoms with Gasteiger partial charge in [0.15, 0.2) is 0 Å². The number of fused-ring (bicyclic) bond motifs is 1. The lowest BCUT2D eigenvalue weighted by molar-refractivity contribution is 0.0130. The molecule has 0 radical (unpaired) electrons. The van der Waals surface area contributed by atoms with Gasteiger partial charge in [-0.3, -0.25) is 0 Å². The van der Waals surface area contributed by atoms with E-state index in [0.717, 1.165) is 25.2 Å². The number of amides is 2. The maximum atomic E-state index is 12.3. The smallest absolute Gasteiger partial charge is 0.321 e. The van der Waals surface area contributed by atoms with Gasteiger partial charge in [-0.15, -0.1) is 0 Å². The summed E-state index contributed by atoms with van der Waals surface area (Å²) in [6, 6.07) is 9.66. The second kappa shape index (κ2) is 5.83. The molecule has 1 aromatic rings. The summed E-state index contributed by atoms with van der Waals surface area (Å²) in [4.78, 5) is 14.3. The van der Waals surface area contributed by atoms with Crippen LogP contribution >= 0.6 is 0 Å². The highest BCUT2D eigenvalue weighted by Gasteiger charge is 2.41. The topological polar surface area (TPSA) is 41.6 Å². The Morgan fingerprint density at radius 3 is 2.80 bits per heavy atom. The molecular formula is C16H22N2O2. The fourth-order valence-corrected chi connectivity index (χ4v) is 3.60. The highest BCUT2D eigenvalue weighted by molar-refractivity contribution is 5.89. The van der Waals surface area contributed by atoms with Gasteiger partial charge in [0, 0.05) is 31.8 Å². The summed E-state index contributed by atoms with van der Waals surface area (Å²) in [5.41, 5.74) is 0.857. The zero-order valence-corrected chi connectivity index (χ0v) is 11.9. The Balaban J connectivity index is 1.63. The molecule has 0 bridgehead atoms. The minimum Gasteiger partial charge on any atom is -0.381 e. The van der Waals surface area contributed by atoms with Gasteiger partial charge in [-0.2, -0.15) is 0 Å². The first-order valence-electron chi connectivity index (χ1n) is 7.41. The number of anilines is 1. The van der Waals surface area contributed by atoms with E-state index in [-0.39, 0.29) is 6.03 Å². The van der Waals surface area contributed by atoms with Gasteiger partial charge in [-0.05, 0) is 30.9 Å². The number of nitrogens with one attached hydrogen (secondary N) is 1. The number of carbonyl (C=O) groups excluding carboxylic acids is 1. The largest absolute Gasteiger partial charge is 0.381 e. The molecule has 1 N–H and O–H groups in total. The SMILES string of the molecule is CO[C@@H]1CCC[C@@H]2CN(C(=O)Nc3ccccc3)C[C@@H]21. The third-order valence-corrected chi connectivity index (χ3v) is 4.65. The molecule has 0 aromatic heterocycles. The molecule has 2 fully saturated rings. The Hall–Kier alpha value is -1.55. The van der Waals surface area contributed by atoms with E-state index in [1.54, 1.807) is 7.11 Å². The number of hydrogen-bond acceptors (Lipinski definition) is 2. The van der Waals surface area contributed by atoms with E-state index in [4.69, 9.17) is 4.74 Å². The maximum absolute atomic E-state index is 12.3. The number of rotatable bonds is 2. The summed E-state index contributed by atoms with van der Waals surface area (Å²) >= 11 is 0. The van der Waals surface area contributed by atoms with Gasteiger partial charge in [0.05, 0.1) is 6.10 Å². The number of benzene rings is 1. The van der Waals surface area contributed by atoms with Crippen LogP contribution in [-0.2, 0) is 4.74 Å². The predicted molar refractivity (Wildman–Crippen MR) is 78.7 cm³/mol. The van der Waals surface area contributed by atoms with Crippen LogP contribution in [0.4, 0.5) is 10.5 Å². The van der Waals surface area contributed by atoms with Gasteiger partial charge in [0.25, 0.3) is 0 Å². The van der Waals surface area contributed by atoms with Gasteiger partial charge in [0.1, 0.15) is 0 Å². The quantitative estimate of drug-likeness (QED) is 0.901. The average Bonchev–Trinajstić information content (AvgIpc) is 2.92. The van der Waals surface area contributed by atoms with Gasteiger partial charge in [0.2, 0.25) is 0 Å². The van der Waals surface area contributed by atoms with Crippen LogP contribution in [-0.4, -0.2) is 37.2 Å². The lowest BCUT2D eigenvalue weighted by atomic mass is 9.79. The molecule has 20 heavy (non-hydrogen) atoms. The molecule has 2 amide bonds. The van der Waals surface area contributed by atoms with Gasteiger partial charge < -0.3 is 15.0 Å². The van der Waals surface area contributed by atoms with Gasteiger partial charge in [-0.1, -0.05) is 24.6 Å². The Morgan fingerprint density at radius 1 is 1.25 bits per heavy atom. The Labute approximate surface area is 120 Å². The van der Waals surface area contributed by atoms with Crippen LogP contribution in [0, 0.1) is 11.8 Å². The summed E-state index contributed by atoms with van der Waals surface area (Å²) in [6.07, 6.45) is 3.89. The summed E-state index contributed by atoms with van der Waals surface area (Å²) < 4.78 is 5.59. The minimum atomic E-state index is 0.0143. The van der Waals surface area contributed by atoms with E-state index >= 15 is 0 Å². The van der Waals surface area contributed by atoms with E-state index in [9.17, 15) is 4.79 Å². The van der Waals surface area contributed by atoms with Crippen LogP contribution in [0.5, 0.6) is 0 Å². The second-order valence-corrected chi connectivity index (χ2v) is 5.83. The van der Waals surface area contributed by atoms with Crippen LogP contribution in [0.25, 0.3) is 0 Å². The predicted octanol–water partition coefficient (Wildman–Crippen LogP) is 2.97. The van der Waals surface area contributed by atoms with Crippen LogP contribution in [0.15, 0.2) is 30.3 Å². The van der Waals surface area contributed by atoms with Crippen LogP contribution in [0.1, 0.15) is 19.3 Å². The molecule has 4 heteroatoms. The molecule has 1 heterocycles. The first-order chi connectivity index (χ1) is 9.78. The van der Waals surface area contributed by atoms with E-state index in [0.29, 0.717) is 17.9 Å². The van der Waals surface area contributed by atoms with E-state index in [1.807, 2.05) is 35.2 Å². The lowest BCUT2D eigenvalue weighted by Crippen LogP contribution is -2.35. The van der Waals surface area contributed by atoms with Crippen molar-refractivity contribution in [3.05, 3.63) is 30.3 Å². The first kappa shape index (κ1) is 13.4. The van der Waals surface area contributed by atoms with Crippen LogP contribution in [0.3, 0.4) is 0 Å². The fourth-order valence-electron chi connectivity index (χ4n) is 3.60. The fraction of sp³-hybridized carbons (Fsp3) is 0.562. The molecule has 3 rings (SSSR count). The monoisotopic (exact) mass is 274 g/mol. The molecular weight excluding hydrogens is 252 g/mol. The van der Waals surface area contributed by atoms with Gasteiger partial charge >= 0.3 is 6.03 Å². The van der Waals surface area contributed by atoms with E-state index in [2.05, 4.69) is 5.32 Å². The van der Waals surface area contributed by atoms with Crippen LogP contribution < -0.4 is 5.32 Å². The number of ether oxygens (including phenoxy) is 1. The molecule has 1 aliphatic heterocycles. The summed E-state index contributed by atoms with van der Waals surface area (Å²) in [6.45, 7) is 1.69. The molecule has 108 valence electrons. The Morgan fingerprint density at radius 2 is 2.05 bits per heavy atom. The number of hydrogen-bond donors (Lipinski definition) is 1. The van der Waals surface area contributed by atoms with Crippen molar-refractivity contribution >= 4 is 11.7 Å². The van der Waals surface area contributed by atoms with E-state index in [1.165, 1.54) is 12.8 Å². The molecule has 1 saturated heterocycles. The molecule has 0 unspecified atom stereocenters. The number of para-hydroxylation sites is 1. The van der Waals surface area contributed by atoms with Crippen molar-refractivity contribution in [3.8, 4) is 0 Å². The molecule has 0 spiro atoms. The highest BCUT2D eigenvalue weighted by atomic mass is 16.5. The molecule has 1 saturated carbocycles. The molecule has 1 aliphatic carbocycles. The number of methoxy groups -OCH3 is 1. The highest BCUT2D eigenvalue weighted by Crippen LogP contribution is 2.37. The minimum absolute atomic E-state index is 0.0143. The summed E-state index contributed by atoms with van der Waals surface area (Å²) in [5.74, 6) is 1.12. The van der Waals surface area contributed by atoms with Crippen LogP contribution in [0.2, 0.25) is 0 Å². The first-order valence-corrected chi connectivity index (χ1v) is 7.41. The summed E-state index contributed by atoms with van der Waals surface area (Å²) in [7, 11) is 1.79. The number of urea groups is 1. The zero-order valence-electron chi connectivity index (χ0n) is 11.9.